The lowest BCUT2D eigenvalue weighted by Crippen LogP contribution is -1.96. The molecule has 21 heavy (non-hydrogen) atoms. The molecule has 2 rings (SSSR count). The third kappa shape index (κ3) is 3.67. The molecule has 2 aromatic rings. The topological polar surface area (TPSA) is 80.4 Å². The van der Waals surface area contributed by atoms with E-state index >= 15 is 0 Å². The first-order valence-corrected chi connectivity index (χ1v) is 6.30. The molecule has 6 heteroatoms. The number of carbonyl (C=O) groups excluding carboxylic acids is 1. The fourth-order valence-corrected chi connectivity index (χ4v) is 1.86. The second-order valence-corrected chi connectivity index (χ2v) is 4.62. The number of hydrogen-bond acceptors (Lipinski definition) is 4. The minimum absolute atomic E-state index is 0.0428. The lowest BCUT2D eigenvalue weighted by atomic mass is 10.1. The number of nitro groups is 1. The molecule has 0 atom stereocenters. The standard InChI is InChI=1S/C15H10ClNO4/c16-13-8-10(5-7-15(13)19)4-6-14(18)11-2-1-3-12(9-11)17(20)21/h1-9,19H/b6-4+. The monoisotopic (exact) mass is 303 g/mol. The molecule has 1 N–H and O–H groups in total. The van der Waals surface area contributed by atoms with Crippen LogP contribution in [-0.4, -0.2) is 15.8 Å². The van der Waals surface area contributed by atoms with Gasteiger partial charge < -0.3 is 5.11 Å². The van der Waals surface area contributed by atoms with Gasteiger partial charge in [0, 0.05) is 17.7 Å². The highest BCUT2D eigenvalue weighted by molar-refractivity contribution is 6.32. The average Bonchev–Trinajstić information content (AvgIpc) is 2.48. The zero-order valence-corrected chi connectivity index (χ0v) is 11.4. The fraction of sp³-hybridized carbons (Fsp3) is 0. The first-order valence-electron chi connectivity index (χ1n) is 5.93. The molecule has 0 heterocycles. The first-order chi connectivity index (χ1) is 9.97. The summed E-state index contributed by atoms with van der Waals surface area (Å²) in [5.41, 5.74) is 0.726. The average molecular weight is 304 g/mol. The van der Waals surface area contributed by atoms with E-state index < -0.39 is 4.92 Å². The van der Waals surface area contributed by atoms with Crippen LogP contribution < -0.4 is 0 Å². The Hall–Kier alpha value is -2.66. The number of rotatable bonds is 4. The van der Waals surface area contributed by atoms with Gasteiger partial charge in [0.2, 0.25) is 0 Å². The zero-order valence-electron chi connectivity index (χ0n) is 10.7. The Kier molecular flexibility index (Phi) is 4.35. The molecule has 0 aromatic heterocycles. The quantitative estimate of drug-likeness (QED) is 0.402. The molecule has 2 aromatic carbocycles. The maximum atomic E-state index is 12.0. The first kappa shape index (κ1) is 14.7. The summed E-state index contributed by atoms with van der Waals surface area (Å²) in [6.07, 6.45) is 2.81. The van der Waals surface area contributed by atoms with Crippen molar-refractivity contribution >= 4 is 29.1 Å². The van der Waals surface area contributed by atoms with Crippen LogP contribution in [0.15, 0.2) is 48.5 Å². The van der Waals surface area contributed by atoms with Gasteiger partial charge in [-0.1, -0.05) is 35.9 Å². The number of aromatic hydroxyl groups is 1. The van der Waals surface area contributed by atoms with Crippen LogP contribution in [0.25, 0.3) is 6.08 Å². The predicted molar refractivity (Wildman–Crippen MR) is 79.6 cm³/mol. The summed E-state index contributed by atoms with van der Waals surface area (Å²) in [4.78, 5) is 22.1. The molecule has 0 saturated carbocycles. The minimum atomic E-state index is -0.555. The van der Waals surface area contributed by atoms with Crippen LogP contribution in [0.4, 0.5) is 5.69 Å². The van der Waals surface area contributed by atoms with Crippen molar-refractivity contribution in [2.45, 2.75) is 0 Å². The van der Waals surface area contributed by atoms with Crippen molar-refractivity contribution in [2.24, 2.45) is 0 Å². The molecule has 0 aliphatic carbocycles. The number of non-ortho nitro benzene ring substituents is 1. The van der Waals surface area contributed by atoms with Crippen molar-refractivity contribution in [3.63, 3.8) is 0 Å². The molecule has 0 bridgehead atoms. The van der Waals surface area contributed by atoms with Crippen LogP contribution in [0.2, 0.25) is 5.02 Å². The van der Waals surface area contributed by atoms with Crippen LogP contribution in [0.5, 0.6) is 5.75 Å². The fourth-order valence-electron chi connectivity index (χ4n) is 1.67. The zero-order chi connectivity index (χ0) is 15.4. The molecular weight excluding hydrogens is 294 g/mol. The number of ketones is 1. The summed E-state index contributed by atoms with van der Waals surface area (Å²) in [6, 6.07) is 10.0. The van der Waals surface area contributed by atoms with Crippen molar-refractivity contribution in [3.05, 3.63) is 74.8 Å². The molecular formula is C15H10ClNO4. The summed E-state index contributed by atoms with van der Waals surface area (Å²) in [5, 5.41) is 20.1. The summed E-state index contributed by atoms with van der Waals surface area (Å²) in [7, 11) is 0. The number of phenolic OH excluding ortho intramolecular Hbond substituents is 1. The Morgan fingerprint density at radius 1 is 1.24 bits per heavy atom. The van der Waals surface area contributed by atoms with Crippen molar-refractivity contribution in [1.29, 1.82) is 0 Å². The van der Waals surface area contributed by atoms with E-state index in [9.17, 15) is 20.0 Å². The van der Waals surface area contributed by atoms with E-state index in [1.165, 1.54) is 48.6 Å². The van der Waals surface area contributed by atoms with Gasteiger partial charge in [0.15, 0.2) is 5.78 Å². The highest BCUT2D eigenvalue weighted by Gasteiger charge is 2.09. The summed E-state index contributed by atoms with van der Waals surface area (Å²) in [6.45, 7) is 0. The van der Waals surface area contributed by atoms with Gasteiger partial charge in [-0.15, -0.1) is 0 Å². The molecule has 106 valence electrons. The van der Waals surface area contributed by atoms with Crippen LogP contribution in [0, 0.1) is 10.1 Å². The van der Waals surface area contributed by atoms with E-state index in [0.29, 0.717) is 5.56 Å². The van der Waals surface area contributed by atoms with Gasteiger partial charge in [-0.3, -0.25) is 14.9 Å². The Bertz CT molecular complexity index is 740. The highest BCUT2D eigenvalue weighted by atomic mass is 35.5. The molecule has 0 amide bonds. The Morgan fingerprint density at radius 2 is 2.00 bits per heavy atom. The highest BCUT2D eigenvalue weighted by Crippen LogP contribution is 2.24. The van der Waals surface area contributed by atoms with Crippen molar-refractivity contribution < 1.29 is 14.8 Å². The molecule has 0 spiro atoms. The lowest BCUT2D eigenvalue weighted by molar-refractivity contribution is -0.384. The third-order valence-electron chi connectivity index (χ3n) is 2.74. The Balaban J connectivity index is 2.20. The number of benzene rings is 2. The third-order valence-corrected chi connectivity index (χ3v) is 3.04. The molecule has 0 aliphatic heterocycles. The van der Waals surface area contributed by atoms with Crippen LogP contribution in [0.3, 0.4) is 0 Å². The van der Waals surface area contributed by atoms with Gasteiger partial charge >= 0.3 is 0 Å². The van der Waals surface area contributed by atoms with E-state index in [-0.39, 0.29) is 27.8 Å². The number of nitrogens with zero attached hydrogens (tertiary/aromatic N) is 1. The summed E-state index contributed by atoms with van der Waals surface area (Å²) >= 11 is 5.76. The van der Waals surface area contributed by atoms with Gasteiger partial charge in [0.05, 0.1) is 9.95 Å². The largest absolute Gasteiger partial charge is 0.506 e. The number of allylic oxidation sites excluding steroid dienone is 1. The van der Waals surface area contributed by atoms with Gasteiger partial charge in [0.25, 0.3) is 5.69 Å². The smallest absolute Gasteiger partial charge is 0.270 e. The van der Waals surface area contributed by atoms with E-state index in [4.69, 9.17) is 11.6 Å². The Labute approximate surface area is 125 Å². The maximum absolute atomic E-state index is 12.0. The molecule has 5 nitrogen and oxygen atoms in total. The number of nitro benzene ring substituents is 1. The van der Waals surface area contributed by atoms with Crippen LogP contribution in [0.1, 0.15) is 15.9 Å². The summed E-state index contributed by atoms with van der Waals surface area (Å²) < 4.78 is 0. The van der Waals surface area contributed by atoms with E-state index in [1.54, 1.807) is 6.07 Å². The molecule has 0 radical (unpaired) electrons. The van der Waals surface area contributed by atoms with E-state index in [2.05, 4.69) is 0 Å². The number of carbonyl (C=O) groups is 1. The summed E-state index contributed by atoms with van der Waals surface area (Å²) in [5.74, 6) is -0.401. The van der Waals surface area contributed by atoms with Gasteiger partial charge in [-0.2, -0.15) is 0 Å². The SMILES string of the molecule is O=C(/C=C/c1ccc(O)c(Cl)c1)c1cccc([N+](=O)[O-])c1. The number of hydrogen-bond donors (Lipinski definition) is 1. The number of halogens is 1. The maximum Gasteiger partial charge on any atom is 0.270 e. The van der Waals surface area contributed by atoms with Crippen molar-refractivity contribution in [1.82, 2.24) is 0 Å². The second kappa shape index (κ2) is 6.19. The van der Waals surface area contributed by atoms with Crippen molar-refractivity contribution in [3.8, 4) is 5.75 Å². The molecule has 0 unspecified atom stereocenters. The molecule has 0 saturated heterocycles. The van der Waals surface area contributed by atoms with Crippen LogP contribution in [-0.2, 0) is 0 Å². The minimum Gasteiger partial charge on any atom is -0.506 e. The van der Waals surface area contributed by atoms with E-state index in [0.717, 1.165) is 0 Å². The number of phenols is 1. The van der Waals surface area contributed by atoms with E-state index in [1.807, 2.05) is 0 Å². The van der Waals surface area contributed by atoms with Gasteiger partial charge in [-0.25, -0.2) is 0 Å². The normalized spacial score (nSPS) is 10.7. The van der Waals surface area contributed by atoms with Crippen LogP contribution >= 0.6 is 11.6 Å². The van der Waals surface area contributed by atoms with Crippen molar-refractivity contribution in [2.75, 3.05) is 0 Å². The molecule has 0 fully saturated rings. The van der Waals surface area contributed by atoms with Gasteiger partial charge in [0.1, 0.15) is 5.75 Å². The Morgan fingerprint density at radius 3 is 2.67 bits per heavy atom. The molecule has 0 aliphatic rings. The predicted octanol–water partition coefficient (Wildman–Crippen LogP) is 3.85. The van der Waals surface area contributed by atoms with Gasteiger partial charge in [-0.05, 0) is 23.8 Å². The second-order valence-electron chi connectivity index (χ2n) is 4.22. The lowest BCUT2D eigenvalue weighted by Gasteiger charge is -1.98.